The van der Waals surface area contributed by atoms with Gasteiger partial charge in [-0.3, -0.25) is 15.1 Å². The van der Waals surface area contributed by atoms with Crippen LogP contribution in [-0.4, -0.2) is 26.1 Å². The number of hydrogen-bond donors (Lipinski definition) is 1. The second kappa shape index (κ2) is 6.13. The molecule has 0 aliphatic carbocycles. The highest BCUT2D eigenvalue weighted by atomic mass is 32.1. The third kappa shape index (κ3) is 2.72. The molecule has 0 aliphatic heterocycles. The van der Waals surface area contributed by atoms with Gasteiger partial charge in [0.1, 0.15) is 5.51 Å². The highest BCUT2D eigenvalue weighted by Crippen LogP contribution is 2.24. The molecule has 0 spiro atoms. The Kier molecular flexibility index (Phi) is 3.68. The number of pyridine rings is 2. The molecule has 24 heavy (non-hydrogen) atoms. The summed E-state index contributed by atoms with van der Waals surface area (Å²) in [6.45, 7) is 0. The number of nitrogens with one attached hydrogen (secondary N) is 1. The van der Waals surface area contributed by atoms with E-state index < -0.39 is 0 Å². The molecule has 4 rings (SSSR count). The Balaban J connectivity index is 1.85. The van der Waals surface area contributed by atoms with E-state index in [-0.39, 0.29) is 5.91 Å². The average molecular weight is 333 g/mol. The molecule has 0 fully saturated rings. The van der Waals surface area contributed by atoms with Gasteiger partial charge in [0.25, 0.3) is 5.91 Å². The van der Waals surface area contributed by atoms with Crippen molar-refractivity contribution in [1.82, 2.24) is 20.2 Å². The summed E-state index contributed by atoms with van der Waals surface area (Å²) in [6.07, 6.45) is 1.70. The first-order valence-corrected chi connectivity index (χ1v) is 8.08. The lowest BCUT2D eigenvalue weighted by Gasteiger charge is -2.09. The van der Waals surface area contributed by atoms with Gasteiger partial charge in [-0.05, 0) is 24.3 Å². The van der Waals surface area contributed by atoms with Crippen LogP contribution in [0.25, 0.3) is 22.3 Å². The van der Waals surface area contributed by atoms with Gasteiger partial charge in [0.05, 0.1) is 22.5 Å². The summed E-state index contributed by atoms with van der Waals surface area (Å²) >= 11 is 1.27. The lowest BCUT2D eigenvalue weighted by molar-refractivity contribution is 0.102. The number of amides is 1. The molecule has 1 N–H and O–H groups in total. The summed E-state index contributed by atoms with van der Waals surface area (Å²) in [5, 5.41) is 11.6. The zero-order valence-corrected chi connectivity index (χ0v) is 13.2. The SMILES string of the molecule is O=C(Nc1nncs1)c1cc(-c2ccccn2)nc2ccccc12. The van der Waals surface area contributed by atoms with Gasteiger partial charge in [-0.15, -0.1) is 10.2 Å². The molecule has 0 saturated heterocycles. The molecule has 3 heterocycles. The maximum absolute atomic E-state index is 12.7. The summed E-state index contributed by atoms with van der Waals surface area (Å²) in [5.74, 6) is -0.248. The molecule has 6 nitrogen and oxygen atoms in total. The fraction of sp³-hybridized carbons (Fsp3) is 0. The largest absolute Gasteiger partial charge is 0.296 e. The number of hydrogen-bond acceptors (Lipinski definition) is 6. The topological polar surface area (TPSA) is 80.7 Å². The highest BCUT2D eigenvalue weighted by Gasteiger charge is 2.15. The maximum atomic E-state index is 12.7. The molecule has 0 radical (unpaired) electrons. The van der Waals surface area contributed by atoms with Gasteiger partial charge in [0.15, 0.2) is 0 Å². The molecule has 1 amide bonds. The van der Waals surface area contributed by atoms with Crippen LogP contribution in [0.4, 0.5) is 5.13 Å². The van der Waals surface area contributed by atoms with Crippen LogP contribution in [-0.2, 0) is 0 Å². The van der Waals surface area contributed by atoms with Gasteiger partial charge in [-0.1, -0.05) is 35.6 Å². The van der Waals surface area contributed by atoms with E-state index in [9.17, 15) is 4.79 Å². The van der Waals surface area contributed by atoms with E-state index in [1.54, 1.807) is 17.8 Å². The van der Waals surface area contributed by atoms with Crippen LogP contribution in [0.3, 0.4) is 0 Å². The Hall–Kier alpha value is -3.19. The Morgan fingerprint density at radius 2 is 1.92 bits per heavy atom. The van der Waals surface area contributed by atoms with E-state index in [2.05, 4.69) is 25.5 Å². The molecule has 4 aromatic rings. The monoisotopic (exact) mass is 333 g/mol. The zero-order valence-electron chi connectivity index (χ0n) is 12.4. The van der Waals surface area contributed by atoms with Gasteiger partial charge in [0.2, 0.25) is 5.13 Å². The van der Waals surface area contributed by atoms with Crippen molar-refractivity contribution < 1.29 is 4.79 Å². The Morgan fingerprint density at radius 3 is 2.71 bits per heavy atom. The van der Waals surface area contributed by atoms with Crippen molar-refractivity contribution in [3.05, 3.63) is 65.8 Å². The molecule has 0 saturated carbocycles. The number of carbonyl (C=O) groups is 1. The second-order valence-corrected chi connectivity index (χ2v) is 5.82. The number of aromatic nitrogens is 4. The first-order chi connectivity index (χ1) is 11.8. The van der Waals surface area contributed by atoms with Crippen LogP contribution in [0, 0.1) is 0 Å². The Labute approximate surface area is 141 Å². The number of anilines is 1. The summed E-state index contributed by atoms with van der Waals surface area (Å²) in [4.78, 5) is 21.6. The van der Waals surface area contributed by atoms with Crippen LogP contribution >= 0.6 is 11.3 Å². The summed E-state index contributed by atoms with van der Waals surface area (Å²) in [7, 11) is 0. The fourth-order valence-electron chi connectivity index (χ4n) is 2.40. The number of fused-ring (bicyclic) bond motifs is 1. The molecule has 0 bridgehead atoms. The number of rotatable bonds is 3. The molecular formula is C17H11N5OS. The molecule has 7 heteroatoms. The first-order valence-electron chi connectivity index (χ1n) is 7.20. The van der Waals surface area contributed by atoms with E-state index in [0.29, 0.717) is 22.1 Å². The van der Waals surface area contributed by atoms with Gasteiger partial charge < -0.3 is 0 Å². The van der Waals surface area contributed by atoms with E-state index in [1.165, 1.54) is 11.3 Å². The summed E-state index contributed by atoms with van der Waals surface area (Å²) < 4.78 is 0. The number of para-hydroxylation sites is 1. The minimum atomic E-state index is -0.248. The lowest BCUT2D eigenvalue weighted by atomic mass is 10.1. The van der Waals surface area contributed by atoms with Gasteiger partial charge in [-0.25, -0.2) is 4.98 Å². The van der Waals surface area contributed by atoms with Crippen LogP contribution in [0.5, 0.6) is 0 Å². The predicted molar refractivity (Wildman–Crippen MR) is 92.8 cm³/mol. The maximum Gasteiger partial charge on any atom is 0.258 e. The van der Waals surface area contributed by atoms with Crippen LogP contribution < -0.4 is 5.32 Å². The normalized spacial score (nSPS) is 10.7. The van der Waals surface area contributed by atoms with Crippen molar-refractivity contribution >= 4 is 33.3 Å². The smallest absolute Gasteiger partial charge is 0.258 e. The van der Waals surface area contributed by atoms with Crippen LogP contribution in [0.15, 0.2) is 60.2 Å². The number of nitrogens with zero attached hydrogens (tertiary/aromatic N) is 4. The highest BCUT2D eigenvalue weighted by molar-refractivity contribution is 7.13. The minimum absolute atomic E-state index is 0.248. The zero-order chi connectivity index (χ0) is 16.4. The summed E-state index contributed by atoms with van der Waals surface area (Å²) in [5.41, 5.74) is 4.20. The van der Waals surface area contributed by atoms with Crippen molar-refractivity contribution in [2.45, 2.75) is 0 Å². The van der Waals surface area contributed by atoms with E-state index in [4.69, 9.17) is 0 Å². The van der Waals surface area contributed by atoms with E-state index in [0.717, 1.165) is 10.9 Å². The van der Waals surface area contributed by atoms with Gasteiger partial charge in [0, 0.05) is 11.6 Å². The van der Waals surface area contributed by atoms with Gasteiger partial charge >= 0.3 is 0 Å². The van der Waals surface area contributed by atoms with Gasteiger partial charge in [-0.2, -0.15) is 0 Å². The van der Waals surface area contributed by atoms with Crippen molar-refractivity contribution in [2.24, 2.45) is 0 Å². The van der Waals surface area contributed by atoms with Crippen LogP contribution in [0.1, 0.15) is 10.4 Å². The molecule has 0 unspecified atom stereocenters. The minimum Gasteiger partial charge on any atom is -0.296 e. The lowest BCUT2D eigenvalue weighted by Crippen LogP contribution is -2.13. The van der Waals surface area contributed by atoms with E-state index in [1.807, 2.05) is 42.5 Å². The Morgan fingerprint density at radius 1 is 1.04 bits per heavy atom. The quantitative estimate of drug-likeness (QED) is 0.621. The standard InChI is InChI=1S/C17H11N5OS/c23-16(21-17-22-19-10-24-17)12-9-15(14-7-3-4-8-18-14)20-13-6-2-1-5-11(12)13/h1-10H,(H,21,22,23). The van der Waals surface area contributed by atoms with Crippen molar-refractivity contribution in [1.29, 1.82) is 0 Å². The molecule has 3 aromatic heterocycles. The van der Waals surface area contributed by atoms with E-state index >= 15 is 0 Å². The van der Waals surface area contributed by atoms with Crippen molar-refractivity contribution in [3.63, 3.8) is 0 Å². The second-order valence-electron chi connectivity index (χ2n) is 4.99. The number of benzene rings is 1. The predicted octanol–water partition coefficient (Wildman–Crippen LogP) is 3.40. The fourth-order valence-corrected chi connectivity index (χ4v) is 2.84. The molecule has 116 valence electrons. The average Bonchev–Trinajstić information content (AvgIpc) is 3.14. The molecule has 0 aliphatic rings. The van der Waals surface area contributed by atoms with Crippen LogP contribution in [0.2, 0.25) is 0 Å². The third-order valence-electron chi connectivity index (χ3n) is 3.47. The summed E-state index contributed by atoms with van der Waals surface area (Å²) in [6, 6.07) is 14.9. The Bertz CT molecular complexity index is 1000. The third-order valence-corrected chi connectivity index (χ3v) is 4.08. The first kappa shape index (κ1) is 14.4. The molecule has 1 aromatic carbocycles. The van der Waals surface area contributed by atoms with Crippen molar-refractivity contribution in [3.8, 4) is 11.4 Å². The van der Waals surface area contributed by atoms with Crippen molar-refractivity contribution in [2.75, 3.05) is 5.32 Å². The molecular weight excluding hydrogens is 322 g/mol. The molecule has 0 atom stereocenters. The number of carbonyl (C=O) groups excluding carboxylic acids is 1.